The number of nitrogens with zero attached hydrogens (tertiary/aromatic N) is 2. The van der Waals surface area contributed by atoms with Crippen LogP contribution in [0.15, 0.2) is 18.5 Å². The van der Waals surface area contributed by atoms with Crippen LogP contribution in [0, 0.1) is 5.92 Å². The summed E-state index contributed by atoms with van der Waals surface area (Å²) in [6, 6.07) is 1.92. The summed E-state index contributed by atoms with van der Waals surface area (Å²) in [7, 11) is 2.01. The first-order chi connectivity index (χ1) is 7.70. The van der Waals surface area contributed by atoms with E-state index < -0.39 is 0 Å². The fourth-order valence-electron chi connectivity index (χ4n) is 2.25. The quantitative estimate of drug-likeness (QED) is 0.790. The van der Waals surface area contributed by atoms with Gasteiger partial charge in [0.15, 0.2) is 0 Å². The Morgan fingerprint density at radius 1 is 1.50 bits per heavy atom. The van der Waals surface area contributed by atoms with Gasteiger partial charge in [0.25, 0.3) is 0 Å². The van der Waals surface area contributed by atoms with Gasteiger partial charge >= 0.3 is 0 Å². The minimum absolute atomic E-state index is 0.0147. The van der Waals surface area contributed by atoms with E-state index in [4.69, 9.17) is 0 Å². The number of pyridine rings is 1. The Morgan fingerprint density at radius 2 is 2.25 bits per heavy atom. The minimum Gasteiger partial charge on any atom is -0.393 e. The molecule has 0 atom stereocenters. The summed E-state index contributed by atoms with van der Waals surface area (Å²) in [5, 5.41) is 18.4. The molecule has 4 nitrogen and oxygen atoms in total. The molecule has 2 N–H and O–H groups in total. The molecule has 1 fully saturated rings. The van der Waals surface area contributed by atoms with Gasteiger partial charge in [-0.25, -0.2) is 0 Å². The lowest BCUT2D eigenvalue weighted by Crippen LogP contribution is -2.37. The monoisotopic (exact) mass is 222 g/mol. The average molecular weight is 222 g/mol. The molecule has 0 unspecified atom stereocenters. The highest BCUT2D eigenvalue weighted by molar-refractivity contribution is 5.51. The molecule has 1 saturated carbocycles. The van der Waals surface area contributed by atoms with Crippen molar-refractivity contribution in [1.29, 1.82) is 0 Å². The zero-order chi connectivity index (χ0) is 11.5. The Balaban J connectivity index is 1.99. The van der Waals surface area contributed by atoms with Crippen molar-refractivity contribution in [2.45, 2.75) is 25.6 Å². The van der Waals surface area contributed by atoms with Gasteiger partial charge in [0.1, 0.15) is 0 Å². The molecule has 0 amide bonds. The summed E-state index contributed by atoms with van der Waals surface area (Å²) >= 11 is 0. The molecule has 16 heavy (non-hydrogen) atoms. The summed E-state index contributed by atoms with van der Waals surface area (Å²) in [6.45, 7) is 0.939. The largest absolute Gasteiger partial charge is 0.393 e. The summed E-state index contributed by atoms with van der Waals surface area (Å²) in [5.41, 5.74) is 1.88. The molecule has 1 aliphatic rings. The summed E-state index contributed by atoms with van der Waals surface area (Å²) in [6.07, 6.45) is 5.11. The van der Waals surface area contributed by atoms with E-state index in [1.54, 1.807) is 12.4 Å². The minimum atomic E-state index is -0.104. The topological polar surface area (TPSA) is 56.6 Å². The van der Waals surface area contributed by atoms with E-state index in [1.807, 2.05) is 13.1 Å². The second-order valence-corrected chi connectivity index (χ2v) is 4.53. The molecule has 1 heterocycles. The van der Waals surface area contributed by atoms with E-state index in [2.05, 4.69) is 9.88 Å². The van der Waals surface area contributed by atoms with Crippen molar-refractivity contribution >= 4 is 5.69 Å². The molecular formula is C12H18N2O2. The molecule has 2 rings (SSSR count). The van der Waals surface area contributed by atoms with Crippen LogP contribution < -0.4 is 4.90 Å². The van der Waals surface area contributed by atoms with Crippen molar-refractivity contribution in [3.8, 4) is 0 Å². The molecule has 88 valence electrons. The maximum Gasteiger partial charge on any atom is 0.0717 e. The van der Waals surface area contributed by atoms with Crippen molar-refractivity contribution in [3.05, 3.63) is 24.0 Å². The maximum absolute atomic E-state index is 9.23. The molecule has 0 bridgehead atoms. The fourth-order valence-corrected chi connectivity index (χ4v) is 2.25. The van der Waals surface area contributed by atoms with E-state index in [1.165, 1.54) is 0 Å². The average Bonchev–Trinajstić information content (AvgIpc) is 2.27. The van der Waals surface area contributed by atoms with Gasteiger partial charge in [-0.05, 0) is 24.8 Å². The fraction of sp³-hybridized carbons (Fsp3) is 0.583. The van der Waals surface area contributed by atoms with Crippen molar-refractivity contribution in [2.24, 2.45) is 5.92 Å². The first-order valence-electron chi connectivity index (χ1n) is 5.63. The smallest absolute Gasteiger partial charge is 0.0717 e. The SMILES string of the molecule is CN(CC1CC(O)C1)c1ccncc1CO. The Labute approximate surface area is 95.5 Å². The lowest BCUT2D eigenvalue weighted by atomic mass is 9.82. The van der Waals surface area contributed by atoms with Crippen LogP contribution in [0.1, 0.15) is 18.4 Å². The number of anilines is 1. The zero-order valence-corrected chi connectivity index (χ0v) is 9.50. The molecule has 0 aromatic carbocycles. The van der Waals surface area contributed by atoms with E-state index in [-0.39, 0.29) is 12.7 Å². The van der Waals surface area contributed by atoms with Crippen LogP contribution in [0.2, 0.25) is 0 Å². The predicted octanol–water partition coefficient (Wildman–Crippen LogP) is 0.781. The van der Waals surface area contributed by atoms with Crippen LogP contribution in [0.4, 0.5) is 5.69 Å². The molecule has 0 aliphatic heterocycles. The zero-order valence-electron chi connectivity index (χ0n) is 9.50. The van der Waals surface area contributed by atoms with Crippen LogP contribution in [0.25, 0.3) is 0 Å². The normalized spacial score (nSPS) is 23.9. The molecular weight excluding hydrogens is 204 g/mol. The lowest BCUT2D eigenvalue weighted by molar-refractivity contribution is 0.0464. The van der Waals surface area contributed by atoms with Gasteiger partial charge in [-0.15, -0.1) is 0 Å². The number of rotatable bonds is 4. The van der Waals surface area contributed by atoms with Crippen molar-refractivity contribution in [1.82, 2.24) is 4.98 Å². The predicted molar refractivity (Wildman–Crippen MR) is 62.2 cm³/mol. The molecule has 0 saturated heterocycles. The summed E-state index contributed by atoms with van der Waals surface area (Å²) in [4.78, 5) is 6.13. The van der Waals surface area contributed by atoms with Gasteiger partial charge in [-0.1, -0.05) is 0 Å². The number of hydrogen-bond acceptors (Lipinski definition) is 4. The van der Waals surface area contributed by atoms with Crippen LogP contribution in [0.5, 0.6) is 0 Å². The summed E-state index contributed by atoms with van der Waals surface area (Å²) < 4.78 is 0. The van der Waals surface area contributed by atoms with Gasteiger partial charge in [0.05, 0.1) is 12.7 Å². The first kappa shape index (κ1) is 11.4. The second-order valence-electron chi connectivity index (χ2n) is 4.53. The van der Waals surface area contributed by atoms with Crippen molar-refractivity contribution in [2.75, 3.05) is 18.5 Å². The molecule has 0 radical (unpaired) electrons. The van der Waals surface area contributed by atoms with Crippen LogP contribution in [-0.2, 0) is 6.61 Å². The first-order valence-corrected chi connectivity index (χ1v) is 5.63. The van der Waals surface area contributed by atoms with Crippen LogP contribution >= 0.6 is 0 Å². The third-order valence-corrected chi connectivity index (χ3v) is 3.20. The van der Waals surface area contributed by atoms with Gasteiger partial charge in [-0.3, -0.25) is 4.98 Å². The highest BCUT2D eigenvalue weighted by Crippen LogP contribution is 2.29. The molecule has 1 aromatic rings. The second kappa shape index (κ2) is 4.80. The highest BCUT2D eigenvalue weighted by Gasteiger charge is 2.28. The van der Waals surface area contributed by atoms with E-state index in [9.17, 15) is 10.2 Å². The van der Waals surface area contributed by atoms with Crippen molar-refractivity contribution in [3.63, 3.8) is 0 Å². The third-order valence-electron chi connectivity index (χ3n) is 3.20. The standard InChI is InChI=1S/C12H18N2O2/c1-14(7-9-4-11(16)5-9)12-2-3-13-6-10(12)8-15/h2-3,6,9,11,15-16H,4-5,7-8H2,1H3. The molecule has 1 aliphatic carbocycles. The Morgan fingerprint density at radius 3 is 2.88 bits per heavy atom. The molecule has 0 spiro atoms. The highest BCUT2D eigenvalue weighted by atomic mass is 16.3. The van der Waals surface area contributed by atoms with Gasteiger partial charge in [0, 0.05) is 37.2 Å². The van der Waals surface area contributed by atoms with E-state index in [0.717, 1.165) is 30.6 Å². The van der Waals surface area contributed by atoms with Crippen LogP contribution in [-0.4, -0.2) is 34.9 Å². The van der Waals surface area contributed by atoms with Gasteiger partial charge < -0.3 is 15.1 Å². The molecule has 4 heteroatoms. The van der Waals surface area contributed by atoms with Crippen molar-refractivity contribution < 1.29 is 10.2 Å². The number of hydrogen-bond donors (Lipinski definition) is 2. The Bertz CT molecular complexity index is 351. The number of aromatic nitrogens is 1. The maximum atomic E-state index is 9.23. The molecule has 1 aromatic heterocycles. The lowest BCUT2D eigenvalue weighted by Gasteiger charge is -2.35. The van der Waals surface area contributed by atoms with E-state index >= 15 is 0 Å². The van der Waals surface area contributed by atoms with Crippen LogP contribution in [0.3, 0.4) is 0 Å². The van der Waals surface area contributed by atoms with Gasteiger partial charge in [0.2, 0.25) is 0 Å². The van der Waals surface area contributed by atoms with E-state index in [0.29, 0.717) is 5.92 Å². The Kier molecular flexibility index (Phi) is 3.41. The summed E-state index contributed by atoms with van der Waals surface area (Å²) in [5.74, 6) is 0.569. The van der Waals surface area contributed by atoms with Gasteiger partial charge in [-0.2, -0.15) is 0 Å². The number of aliphatic hydroxyl groups is 2. The Hall–Kier alpha value is -1.13. The third kappa shape index (κ3) is 2.33. The number of aliphatic hydroxyl groups excluding tert-OH is 2.